The number of hydrogen-bond donors (Lipinski definition) is 0. The van der Waals surface area contributed by atoms with Crippen LogP contribution in [0, 0.1) is 11.6 Å². The average Bonchev–Trinajstić information content (AvgIpc) is 3.52. The van der Waals surface area contributed by atoms with Gasteiger partial charge in [0.15, 0.2) is 0 Å². The lowest BCUT2D eigenvalue weighted by Crippen LogP contribution is -2.23. The Kier molecular flexibility index (Phi) is 6.14. The van der Waals surface area contributed by atoms with E-state index in [2.05, 4.69) is 20.4 Å². The van der Waals surface area contributed by atoms with Crippen LogP contribution >= 0.6 is 21.6 Å². The zero-order valence-electron chi connectivity index (χ0n) is 20.3. The van der Waals surface area contributed by atoms with Crippen LogP contribution in [-0.4, -0.2) is 38.3 Å². The van der Waals surface area contributed by atoms with Crippen molar-refractivity contribution >= 4 is 54.9 Å². The fourth-order valence-electron chi connectivity index (χ4n) is 4.60. The lowest BCUT2D eigenvalue weighted by molar-refractivity contribution is 0.626. The van der Waals surface area contributed by atoms with Crippen LogP contribution in [0.1, 0.15) is 26.7 Å². The van der Waals surface area contributed by atoms with E-state index in [9.17, 15) is 9.59 Å². The maximum absolute atomic E-state index is 15.0. The Balaban J connectivity index is 1.54. The first kappa shape index (κ1) is 24.6. The zero-order chi connectivity index (χ0) is 26.6. The minimum absolute atomic E-state index is 0.0762. The van der Waals surface area contributed by atoms with E-state index >= 15 is 8.78 Å². The van der Waals surface area contributed by atoms with Crippen molar-refractivity contribution in [1.82, 2.24) is 38.3 Å². The van der Waals surface area contributed by atoms with Crippen LogP contribution in [0.3, 0.4) is 0 Å². The first-order valence-electron chi connectivity index (χ1n) is 11.9. The fraction of sp³-hybridized carbons (Fsp3) is 0.250. The van der Waals surface area contributed by atoms with Gasteiger partial charge in [-0.15, -0.1) is 20.4 Å². The van der Waals surface area contributed by atoms with Gasteiger partial charge in [-0.1, -0.05) is 26.0 Å². The summed E-state index contributed by atoms with van der Waals surface area (Å²) in [6, 6.07) is 8.68. The lowest BCUT2D eigenvalue weighted by atomic mass is 10.2. The van der Waals surface area contributed by atoms with Crippen LogP contribution in [0.2, 0.25) is 0 Å². The third-order valence-corrected chi connectivity index (χ3v) is 8.23. The summed E-state index contributed by atoms with van der Waals surface area (Å²) in [7, 11) is 2.23. The number of halogens is 2. The van der Waals surface area contributed by atoms with Crippen molar-refractivity contribution in [2.45, 2.75) is 50.1 Å². The second kappa shape index (κ2) is 9.51. The molecular weight excluding hydrogens is 534 g/mol. The summed E-state index contributed by atoms with van der Waals surface area (Å²) >= 11 is 0. The lowest BCUT2D eigenvalue weighted by Gasteiger charge is -2.11. The van der Waals surface area contributed by atoms with Crippen molar-refractivity contribution in [2.75, 3.05) is 0 Å². The molecule has 0 N–H and O–H groups in total. The molecule has 10 nitrogen and oxygen atoms in total. The minimum Gasteiger partial charge on any atom is -0.276 e. The molecule has 4 aromatic heterocycles. The highest BCUT2D eigenvalue weighted by Gasteiger charge is 2.22. The minimum atomic E-state index is -0.579. The van der Waals surface area contributed by atoms with E-state index in [0.717, 1.165) is 21.6 Å². The topological polar surface area (TPSA) is 104 Å². The molecule has 0 fully saturated rings. The highest BCUT2D eigenvalue weighted by molar-refractivity contribution is 8.76. The molecule has 0 aliphatic rings. The number of hydrogen-bond acceptors (Lipinski definition) is 8. The van der Waals surface area contributed by atoms with Crippen LogP contribution in [-0.2, 0) is 13.1 Å². The number of benzene rings is 2. The van der Waals surface area contributed by atoms with Gasteiger partial charge in [-0.3, -0.25) is 27.5 Å². The van der Waals surface area contributed by atoms with Crippen molar-refractivity contribution in [3.05, 3.63) is 68.7 Å². The molecule has 0 saturated carbocycles. The maximum Gasteiger partial charge on any atom is 0.262 e. The third kappa shape index (κ3) is 3.61. The summed E-state index contributed by atoms with van der Waals surface area (Å²) < 4.78 is 36.0. The Hall–Kier alpha value is -3.78. The van der Waals surface area contributed by atoms with Crippen LogP contribution in [0.15, 0.2) is 56.3 Å². The smallest absolute Gasteiger partial charge is 0.262 e. The molecule has 6 aromatic rings. The zero-order valence-corrected chi connectivity index (χ0v) is 21.9. The average molecular weight is 555 g/mol. The second-order valence-electron chi connectivity index (χ2n) is 8.59. The monoisotopic (exact) mass is 554 g/mol. The van der Waals surface area contributed by atoms with Gasteiger partial charge >= 0.3 is 0 Å². The van der Waals surface area contributed by atoms with E-state index in [1.54, 1.807) is 12.1 Å². The first-order valence-corrected chi connectivity index (χ1v) is 14.1. The van der Waals surface area contributed by atoms with Crippen LogP contribution in [0.4, 0.5) is 8.78 Å². The van der Waals surface area contributed by atoms with Gasteiger partial charge in [-0.25, -0.2) is 8.78 Å². The van der Waals surface area contributed by atoms with Gasteiger partial charge in [-0.05, 0) is 58.7 Å². The predicted octanol–water partition coefficient (Wildman–Crippen LogP) is 4.30. The van der Waals surface area contributed by atoms with Gasteiger partial charge in [0, 0.05) is 13.1 Å². The molecule has 194 valence electrons. The van der Waals surface area contributed by atoms with Crippen molar-refractivity contribution in [3.8, 4) is 0 Å². The Morgan fingerprint density at radius 1 is 0.684 bits per heavy atom. The molecule has 4 heterocycles. The van der Waals surface area contributed by atoms with Gasteiger partial charge in [0.05, 0.1) is 21.8 Å². The normalized spacial score (nSPS) is 12.0. The third-order valence-electron chi connectivity index (χ3n) is 6.17. The van der Waals surface area contributed by atoms with Gasteiger partial charge in [0.25, 0.3) is 11.1 Å². The molecule has 0 unspecified atom stereocenters. The molecule has 0 spiro atoms. The first-order chi connectivity index (χ1) is 18.5. The van der Waals surface area contributed by atoms with Crippen LogP contribution in [0.5, 0.6) is 0 Å². The molecular formula is C24H20F2N8O2S2. The number of rotatable bonds is 7. The highest BCUT2D eigenvalue weighted by atomic mass is 33.1. The van der Waals surface area contributed by atoms with E-state index in [4.69, 9.17) is 0 Å². The van der Waals surface area contributed by atoms with Gasteiger partial charge in [0.2, 0.25) is 21.9 Å². The molecule has 0 saturated heterocycles. The van der Waals surface area contributed by atoms with Gasteiger partial charge in [0.1, 0.15) is 11.6 Å². The van der Waals surface area contributed by atoms with Crippen molar-refractivity contribution in [2.24, 2.45) is 0 Å². The second-order valence-corrected chi connectivity index (χ2v) is 10.7. The van der Waals surface area contributed by atoms with E-state index in [-0.39, 0.29) is 44.5 Å². The summed E-state index contributed by atoms with van der Waals surface area (Å²) in [5.74, 6) is -0.720. The number of para-hydroxylation sites is 2. The van der Waals surface area contributed by atoms with E-state index in [1.807, 2.05) is 13.8 Å². The maximum atomic E-state index is 15.0. The summed E-state index contributed by atoms with van der Waals surface area (Å²) in [5.41, 5.74) is -0.533. The summed E-state index contributed by atoms with van der Waals surface area (Å²) in [6.45, 7) is 4.64. The summed E-state index contributed by atoms with van der Waals surface area (Å²) in [5, 5.41) is 17.9. The molecule has 0 atom stereocenters. The Morgan fingerprint density at radius 3 is 1.50 bits per heavy atom. The molecule has 6 rings (SSSR count). The molecule has 2 aromatic carbocycles. The van der Waals surface area contributed by atoms with Crippen LogP contribution < -0.4 is 11.1 Å². The summed E-state index contributed by atoms with van der Waals surface area (Å²) in [6.07, 6.45) is 1.34. The number of fused-ring (bicyclic) bond motifs is 6. The fourth-order valence-corrected chi connectivity index (χ4v) is 6.49. The quantitative estimate of drug-likeness (QED) is 0.269. The molecule has 14 heteroatoms. The molecule has 0 radical (unpaired) electrons. The van der Waals surface area contributed by atoms with E-state index in [1.165, 1.54) is 42.2 Å². The standard InChI is InChI=1S/C24H20F2N8O2S2/c1-3-11-31-19(35)13-7-5-9-15(25)17(13)33-21(31)27-29-23(33)37-38-24-30-28-22-32(12-4-2)20(36)14-8-6-10-16(26)18(14)34(22)24/h5-10H,3-4,11-12H2,1-2H3. The number of nitrogens with zero attached hydrogens (tertiary/aromatic N) is 8. The van der Waals surface area contributed by atoms with E-state index in [0.29, 0.717) is 36.2 Å². The van der Waals surface area contributed by atoms with E-state index < -0.39 is 11.6 Å². The molecule has 0 aliphatic carbocycles. The molecule has 0 aliphatic heterocycles. The van der Waals surface area contributed by atoms with Crippen LogP contribution in [0.25, 0.3) is 33.4 Å². The molecule has 0 bridgehead atoms. The number of aromatic nitrogens is 8. The molecule has 38 heavy (non-hydrogen) atoms. The van der Waals surface area contributed by atoms with Gasteiger partial charge in [-0.2, -0.15) is 0 Å². The number of aryl methyl sites for hydroxylation is 2. The Morgan fingerprint density at radius 2 is 1.11 bits per heavy atom. The van der Waals surface area contributed by atoms with Crippen molar-refractivity contribution in [3.63, 3.8) is 0 Å². The predicted molar refractivity (Wildman–Crippen MR) is 142 cm³/mol. The van der Waals surface area contributed by atoms with Crippen molar-refractivity contribution < 1.29 is 8.78 Å². The van der Waals surface area contributed by atoms with Gasteiger partial charge < -0.3 is 0 Å². The Labute approximate surface area is 220 Å². The Bertz CT molecular complexity index is 1850. The van der Waals surface area contributed by atoms with Crippen molar-refractivity contribution in [1.29, 1.82) is 0 Å². The summed E-state index contributed by atoms with van der Waals surface area (Å²) in [4.78, 5) is 26.1. The largest absolute Gasteiger partial charge is 0.276 e. The SMILES string of the molecule is CCCn1c(=O)c2cccc(F)c2n2c(SSc3nnc4n(CCC)c(=O)c5cccc(F)c5n34)nnc12. The molecule has 0 amide bonds. The highest BCUT2D eigenvalue weighted by Crippen LogP contribution is 2.37.